The molecule has 2 rings (SSSR count). The summed E-state index contributed by atoms with van der Waals surface area (Å²) in [6, 6.07) is 10.1. The van der Waals surface area contributed by atoms with Crippen LogP contribution in [0.25, 0.3) is 0 Å². The van der Waals surface area contributed by atoms with E-state index in [-0.39, 0.29) is 36.2 Å². The van der Waals surface area contributed by atoms with Gasteiger partial charge in [0, 0.05) is 37.9 Å². The lowest BCUT2D eigenvalue weighted by Crippen LogP contribution is -2.41. The van der Waals surface area contributed by atoms with Gasteiger partial charge in [0.15, 0.2) is 0 Å². The first kappa shape index (κ1) is 18.5. The van der Waals surface area contributed by atoms with E-state index in [1.165, 1.54) is 5.56 Å². The number of hydrogen-bond donors (Lipinski definition) is 2. The molecule has 0 spiro atoms. The van der Waals surface area contributed by atoms with E-state index in [2.05, 4.69) is 31.3 Å². The molecule has 0 aromatic heterocycles. The summed E-state index contributed by atoms with van der Waals surface area (Å²) in [6.45, 7) is 5.89. The number of rotatable bonds is 6. The van der Waals surface area contributed by atoms with E-state index < -0.39 is 0 Å². The van der Waals surface area contributed by atoms with Crippen molar-refractivity contribution >= 4 is 11.8 Å². The molecular formula is C19H28N2O3. The van der Waals surface area contributed by atoms with Crippen LogP contribution in [0, 0.1) is 0 Å². The number of aliphatic hydroxyl groups is 1. The molecule has 0 aliphatic carbocycles. The molecule has 2 N–H and O–H groups in total. The van der Waals surface area contributed by atoms with Gasteiger partial charge in [0.1, 0.15) is 0 Å². The lowest BCUT2D eigenvalue weighted by Gasteiger charge is -2.29. The molecule has 1 fully saturated rings. The molecular weight excluding hydrogens is 304 g/mol. The van der Waals surface area contributed by atoms with Gasteiger partial charge in [0.05, 0.1) is 6.10 Å². The average molecular weight is 332 g/mol. The van der Waals surface area contributed by atoms with Crippen molar-refractivity contribution in [3.8, 4) is 0 Å². The van der Waals surface area contributed by atoms with Crippen LogP contribution in [0.1, 0.15) is 45.1 Å². The first-order valence-electron chi connectivity index (χ1n) is 8.66. The average Bonchev–Trinajstić information content (AvgIpc) is 2.59. The number of amides is 2. The third-order valence-corrected chi connectivity index (χ3v) is 4.67. The Labute approximate surface area is 144 Å². The highest BCUT2D eigenvalue weighted by Gasteiger charge is 2.23. The third-order valence-electron chi connectivity index (χ3n) is 4.67. The first-order chi connectivity index (χ1) is 11.4. The van der Waals surface area contributed by atoms with Crippen LogP contribution in [0.5, 0.6) is 0 Å². The largest absolute Gasteiger partial charge is 0.393 e. The highest BCUT2D eigenvalue weighted by Crippen LogP contribution is 2.21. The molecule has 1 aromatic carbocycles. The fourth-order valence-electron chi connectivity index (χ4n) is 2.89. The van der Waals surface area contributed by atoms with Crippen molar-refractivity contribution in [1.29, 1.82) is 0 Å². The summed E-state index contributed by atoms with van der Waals surface area (Å²) in [4.78, 5) is 25.9. The van der Waals surface area contributed by atoms with Gasteiger partial charge >= 0.3 is 0 Å². The fraction of sp³-hybridized carbons (Fsp3) is 0.579. The van der Waals surface area contributed by atoms with Gasteiger partial charge in [-0.15, -0.1) is 0 Å². The van der Waals surface area contributed by atoms with E-state index in [9.17, 15) is 14.7 Å². The van der Waals surface area contributed by atoms with Gasteiger partial charge in [-0.05, 0) is 18.4 Å². The van der Waals surface area contributed by atoms with Crippen LogP contribution < -0.4 is 5.32 Å². The summed E-state index contributed by atoms with van der Waals surface area (Å²) in [5.41, 5.74) is 1.03. The number of likely N-dealkylation sites (tertiary alicyclic amines) is 1. The zero-order valence-corrected chi connectivity index (χ0v) is 14.6. The lowest BCUT2D eigenvalue weighted by atomic mass is 9.84. The van der Waals surface area contributed by atoms with Gasteiger partial charge in [-0.3, -0.25) is 9.59 Å². The number of piperidine rings is 1. The number of hydrogen-bond acceptors (Lipinski definition) is 3. The molecule has 5 heteroatoms. The molecule has 1 saturated heterocycles. The second-order valence-corrected chi connectivity index (χ2v) is 7.14. The summed E-state index contributed by atoms with van der Waals surface area (Å²) in [7, 11) is 0. The number of nitrogens with zero attached hydrogens (tertiary/aromatic N) is 1. The summed E-state index contributed by atoms with van der Waals surface area (Å²) < 4.78 is 0. The number of carbonyl (C=O) groups is 2. The molecule has 132 valence electrons. The Morgan fingerprint density at radius 3 is 2.42 bits per heavy atom. The van der Waals surface area contributed by atoms with Crippen molar-refractivity contribution in [3.63, 3.8) is 0 Å². The van der Waals surface area contributed by atoms with Gasteiger partial charge in [-0.1, -0.05) is 44.2 Å². The first-order valence-corrected chi connectivity index (χ1v) is 8.66. The van der Waals surface area contributed by atoms with Crippen LogP contribution in [0.4, 0.5) is 0 Å². The Hall–Kier alpha value is -1.88. The van der Waals surface area contributed by atoms with Crippen LogP contribution in [-0.4, -0.2) is 47.6 Å². The molecule has 0 saturated carbocycles. The van der Waals surface area contributed by atoms with Gasteiger partial charge in [0.25, 0.3) is 0 Å². The SMILES string of the molecule is CC(C)(CNC(=O)CCC(=O)N1CCC(O)CC1)c1ccccc1. The van der Waals surface area contributed by atoms with E-state index >= 15 is 0 Å². The highest BCUT2D eigenvalue weighted by molar-refractivity contribution is 5.83. The monoisotopic (exact) mass is 332 g/mol. The quantitative estimate of drug-likeness (QED) is 0.835. The van der Waals surface area contributed by atoms with E-state index in [0.717, 1.165) is 0 Å². The van der Waals surface area contributed by atoms with E-state index in [1.807, 2.05) is 18.2 Å². The maximum Gasteiger partial charge on any atom is 0.223 e. The zero-order valence-electron chi connectivity index (χ0n) is 14.6. The maximum absolute atomic E-state index is 12.1. The zero-order chi connectivity index (χ0) is 17.6. The van der Waals surface area contributed by atoms with Gasteiger partial charge < -0.3 is 15.3 Å². The molecule has 5 nitrogen and oxygen atoms in total. The Kier molecular flexibility index (Phi) is 6.37. The van der Waals surface area contributed by atoms with Gasteiger partial charge in [-0.25, -0.2) is 0 Å². The maximum atomic E-state index is 12.1. The second kappa shape index (κ2) is 8.29. The standard InChI is InChI=1S/C19H28N2O3/c1-19(2,15-6-4-3-5-7-15)14-20-17(23)8-9-18(24)21-12-10-16(22)11-13-21/h3-7,16,22H,8-14H2,1-2H3,(H,20,23). The molecule has 1 aromatic rings. The molecule has 1 heterocycles. The van der Waals surface area contributed by atoms with Crippen LogP contribution in [0.3, 0.4) is 0 Å². The minimum absolute atomic E-state index is 0.000584. The molecule has 1 aliphatic rings. The predicted molar refractivity (Wildman–Crippen MR) is 93.5 cm³/mol. The number of nitrogens with one attached hydrogen (secondary N) is 1. The summed E-state index contributed by atoms with van der Waals surface area (Å²) in [5, 5.41) is 12.4. The topological polar surface area (TPSA) is 69.6 Å². The van der Waals surface area contributed by atoms with Crippen LogP contribution >= 0.6 is 0 Å². The van der Waals surface area contributed by atoms with Crippen molar-refractivity contribution in [2.45, 2.75) is 51.0 Å². The summed E-state index contributed by atoms with van der Waals surface area (Å²) >= 11 is 0. The van der Waals surface area contributed by atoms with E-state index in [0.29, 0.717) is 32.5 Å². The Bertz CT molecular complexity index is 549. The molecule has 0 atom stereocenters. The molecule has 1 aliphatic heterocycles. The van der Waals surface area contributed by atoms with Crippen LogP contribution in [0.15, 0.2) is 30.3 Å². The normalized spacial score (nSPS) is 16.0. The van der Waals surface area contributed by atoms with Crippen molar-refractivity contribution in [1.82, 2.24) is 10.2 Å². The molecule has 0 unspecified atom stereocenters. The molecule has 24 heavy (non-hydrogen) atoms. The van der Waals surface area contributed by atoms with Crippen LogP contribution in [-0.2, 0) is 15.0 Å². The third kappa shape index (κ3) is 5.34. The van der Waals surface area contributed by atoms with Crippen molar-refractivity contribution in [3.05, 3.63) is 35.9 Å². The smallest absolute Gasteiger partial charge is 0.223 e. The molecule has 0 bridgehead atoms. The summed E-state index contributed by atoms with van der Waals surface area (Å²) in [5.74, 6) is -0.0937. The number of benzene rings is 1. The van der Waals surface area contributed by atoms with Gasteiger partial charge in [-0.2, -0.15) is 0 Å². The minimum atomic E-state index is -0.294. The number of carbonyl (C=O) groups excluding carboxylic acids is 2. The van der Waals surface area contributed by atoms with Crippen LogP contribution in [0.2, 0.25) is 0 Å². The minimum Gasteiger partial charge on any atom is -0.393 e. The van der Waals surface area contributed by atoms with Crippen molar-refractivity contribution < 1.29 is 14.7 Å². The summed E-state index contributed by atoms with van der Waals surface area (Å²) in [6.07, 6.45) is 1.40. The number of aliphatic hydroxyl groups excluding tert-OH is 1. The van der Waals surface area contributed by atoms with Crippen molar-refractivity contribution in [2.75, 3.05) is 19.6 Å². The van der Waals surface area contributed by atoms with E-state index in [4.69, 9.17) is 0 Å². The Morgan fingerprint density at radius 1 is 1.17 bits per heavy atom. The lowest BCUT2D eigenvalue weighted by molar-refractivity contribution is -0.135. The van der Waals surface area contributed by atoms with E-state index in [1.54, 1.807) is 4.90 Å². The molecule has 0 radical (unpaired) electrons. The highest BCUT2D eigenvalue weighted by atomic mass is 16.3. The second-order valence-electron chi connectivity index (χ2n) is 7.14. The van der Waals surface area contributed by atoms with Gasteiger partial charge in [0.2, 0.25) is 11.8 Å². The predicted octanol–water partition coefficient (Wildman–Crippen LogP) is 1.84. The molecule has 2 amide bonds. The van der Waals surface area contributed by atoms with Crippen molar-refractivity contribution in [2.24, 2.45) is 0 Å². The Balaban J connectivity index is 1.72. The fourth-order valence-corrected chi connectivity index (χ4v) is 2.89. The Morgan fingerprint density at radius 2 is 1.79 bits per heavy atom.